The lowest BCUT2D eigenvalue weighted by atomic mass is 9.86. The molecule has 9 heteroatoms. The monoisotopic (exact) mass is 462 g/mol. The highest BCUT2D eigenvalue weighted by atomic mass is 79.9. The number of hydrogen-bond acceptors (Lipinski definition) is 5. The second-order valence-corrected chi connectivity index (χ2v) is 10.7. The summed E-state index contributed by atoms with van der Waals surface area (Å²) in [6.07, 6.45) is 0.148. The first-order valence-corrected chi connectivity index (χ1v) is 11.0. The molecule has 0 heterocycles. The first kappa shape index (κ1) is 23.4. The van der Waals surface area contributed by atoms with Gasteiger partial charge in [0.1, 0.15) is 16.7 Å². The van der Waals surface area contributed by atoms with Gasteiger partial charge in [-0.15, -0.1) is 0 Å². The zero-order valence-electron chi connectivity index (χ0n) is 16.0. The summed E-state index contributed by atoms with van der Waals surface area (Å²) >= 11 is 3.27. The zero-order valence-corrected chi connectivity index (χ0v) is 18.4. The van der Waals surface area contributed by atoms with Gasteiger partial charge in [0.25, 0.3) is 0 Å². The van der Waals surface area contributed by atoms with E-state index < -0.39 is 38.1 Å². The van der Waals surface area contributed by atoms with E-state index in [9.17, 15) is 17.6 Å². The van der Waals surface area contributed by atoms with Crippen LogP contribution in [0.15, 0.2) is 22.7 Å². The van der Waals surface area contributed by atoms with E-state index in [0.717, 1.165) is 6.26 Å². The van der Waals surface area contributed by atoms with Gasteiger partial charge in [0.05, 0.1) is 11.6 Å². The lowest BCUT2D eigenvalue weighted by molar-refractivity contribution is 0.0453. The van der Waals surface area contributed by atoms with Crippen molar-refractivity contribution in [3.63, 3.8) is 0 Å². The van der Waals surface area contributed by atoms with Crippen LogP contribution in [0.3, 0.4) is 0 Å². The van der Waals surface area contributed by atoms with E-state index in [4.69, 9.17) is 10.00 Å². The van der Waals surface area contributed by atoms with Crippen LogP contribution in [0.2, 0.25) is 0 Å². The van der Waals surface area contributed by atoms with E-state index in [0.29, 0.717) is 4.47 Å². The molecule has 0 spiro atoms. The number of carbonyl (C=O) groups is 1. The summed E-state index contributed by atoms with van der Waals surface area (Å²) < 4.78 is 43.8. The van der Waals surface area contributed by atoms with Crippen LogP contribution in [0.25, 0.3) is 0 Å². The average Bonchev–Trinajstić information content (AvgIpc) is 2.46. The minimum atomic E-state index is -3.60. The zero-order chi connectivity index (χ0) is 21.0. The number of alkyl carbamates (subject to hydrolysis) is 1. The molecule has 0 aromatic heterocycles. The number of carbonyl (C=O) groups excluding carboxylic acids is 1. The number of nitrogens with one attached hydrogen (secondary N) is 1. The Kier molecular flexibility index (Phi) is 7.42. The Morgan fingerprint density at radius 1 is 1.37 bits per heavy atom. The molecule has 1 N–H and O–H groups in total. The van der Waals surface area contributed by atoms with Crippen LogP contribution in [0, 0.1) is 17.1 Å². The van der Waals surface area contributed by atoms with Crippen LogP contribution in [0.5, 0.6) is 0 Å². The molecule has 2 unspecified atom stereocenters. The average molecular weight is 463 g/mol. The number of ether oxygens (including phenoxy) is 1. The molecule has 0 bridgehead atoms. The van der Waals surface area contributed by atoms with Crippen LogP contribution in [0.1, 0.15) is 46.1 Å². The molecule has 150 valence electrons. The smallest absolute Gasteiger partial charge is 0.408 e. The molecule has 2 atom stereocenters. The second kappa shape index (κ2) is 8.57. The van der Waals surface area contributed by atoms with Crippen molar-refractivity contribution in [2.24, 2.45) is 0 Å². The van der Waals surface area contributed by atoms with Gasteiger partial charge in [0, 0.05) is 16.3 Å². The molecule has 0 saturated carbocycles. The Labute approximate surface area is 168 Å². The molecule has 0 aliphatic rings. The summed E-state index contributed by atoms with van der Waals surface area (Å²) in [4.78, 5) is 12.3. The van der Waals surface area contributed by atoms with Crippen LogP contribution in [0.4, 0.5) is 9.18 Å². The molecule has 0 radical (unpaired) electrons. The highest BCUT2D eigenvalue weighted by Crippen LogP contribution is 2.32. The number of nitrogens with zero attached hydrogens (tertiary/aromatic N) is 1. The van der Waals surface area contributed by atoms with Gasteiger partial charge in [-0.3, -0.25) is 0 Å². The summed E-state index contributed by atoms with van der Waals surface area (Å²) in [5.41, 5.74) is -1.88. The number of nitriles is 1. The SMILES string of the molecule is CC(C)(C)OC(=O)NC(C)(CCC(C#N)S(C)(=O)=O)c1cc(Br)ccc1F. The van der Waals surface area contributed by atoms with Gasteiger partial charge >= 0.3 is 6.09 Å². The fourth-order valence-electron chi connectivity index (χ4n) is 2.51. The molecule has 0 aliphatic carbocycles. The number of benzene rings is 1. The molecule has 27 heavy (non-hydrogen) atoms. The minimum absolute atomic E-state index is 0.0188. The molecule has 1 rings (SSSR count). The van der Waals surface area contributed by atoms with E-state index in [1.807, 2.05) is 0 Å². The largest absolute Gasteiger partial charge is 0.444 e. The van der Waals surface area contributed by atoms with Gasteiger partial charge in [0.15, 0.2) is 9.84 Å². The summed E-state index contributed by atoms with van der Waals surface area (Å²) in [5.74, 6) is -0.565. The Morgan fingerprint density at radius 2 is 1.96 bits per heavy atom. The van der Waals surface area contributed by atoms with Gasteiger partial charge in [-0.2, -0.15) is 5.26 Å². The van der Waals surface area contributed by atoms with Crippen LogP contribution in [-0.2, 0) is 20.1 Å². The van der Waals surface area contributed by atoms with Crippen molar-refractivity contribution in [2.75, 3.05) is 6.26 Å². The van der Waals surface area contributed by atoms with E-state index in [1.165, 1.54) is 18.2 Å². The van der Waals surface area contributed by atoms with Crippen molar-refractivity contribution in [3.05, 3.63) is 34.1 Å². The quantitative estimate of drug-likeness (QED) is 0.687. The van der Waals surface area contributed by atoms with Crippen molar-refractivity contribution >= 4 is 31.9 Å². The predicted octanol–water partition coefficient (Wildman–Crippen LogP) is 4.05. The Morgan fingerprint density at radius 3 is 2.44 bits per heavy atom. The van der Waals surface area contributed by atoms with Crippen molar-refractivity contribution in [1.29, 1.82) is 5.26 Å². The second-order valence-electron chi connectivity index (χ2n) is 7.57. The summed E-state index contributed by atoms with van der Waals surface area (Å²) in [7, 11) is -3.60. The van der Waals surface area contributed by atoms with Crippen molar-refractivity contribution < 1.29 is 22.3 Å². The predicted molar refractivity (Wildman–Crippen MR) is 104 cm³/mol. The number of rotatable bonds is 6. The molecular formula is C18H24BrFN2O4S. The van der Waals surface area contributed by atoms with Crippen LogP contribution < -0.4 is 5.32 Å². The van der Waals surface area contributed by atoms with Gasteiger partial charge in [-0.1, -0.05) is 15.9 Å². The highest BCUT2D eigenvalue weighted by molar-refractivity contribution is 9.10. The van der Waals surface area contributed by atoms with Crippen molar-refractivity contribution in [3.8, 4) is 6.07 Å². The molecule has 0 fully saturated rings. The molecular weight excluding hydrogens is 439 g/mol. The Bertz CT molecular complexity index is 846. The fraction of sp³-hybridized carbons (Fsp3) is 0.556. The maximum absolute atomic E-state index is 14.5. The van der Waals surface area contributed by atoms with Gasteiger partial charge in [0.2, 0.25) is 0 Å². The first-order chi connectivity index (χ1) is 12.2. The van der Waals surface area contributed by atoms with Gasteiger partial charge < -0.3 is 10.1 Å². The number of halogens is 2. The Balaban J connectivity index is 3.25. The van der Waals surface area contributed by atoms with Crippen LogP contribution >= 0.6 is 15.9 Å². The minimum Gasteiger partial charge on any atom is -0.444 e. The number of sulfone groups is 1. The summed E-state index contributed by atoms with van der Waals surface area (Å²) in [6.45, 7) is 6.65. The topological polar surface area (TPSA) is 96.3 Å². The van der Waals surface area contributed by atoms with E-state index >= 15 is 0 Å². The molecule has 0 aliphatic heterocycles. The van der Waals surface area contributed by atoms with Gasteiger partial charge in [-0.05, 0) is 58.7 Å². The third-order valence-electron chi connectivity index (χ3n) is 3.87. The van der Waals surface area contributed by atoms with Crippen LogP contribution in [-0.4, -0.2) is 31.6 Å². The maximum atomic E-state index is 14.5. The molecule has 1 amide bonds. The maximum Gasteiger partial charge on any atom is 0.408 e. The third-order valence-corrected chi connectivity index (χ3v) is 5.74. The summed E-state index contributed by atoms with van der Waals surface area (Å²) in [6, 6.07) is 6.02. The fourth-order valence-corrected chi connectivity index (χ4v) is 3.61. The third kappa shape index (κ3) is 7.11. The normalized spacial score (nSPS) is 15.3. The lowest BCUT2D eigenvalue weighted by Crippen LogP contribution is -2.47. The standard InChI is InChI=1S/C18H24BrFN2O4S/c1-17(2,3)26-16(23)22-18(4,9-8-13(11-21)27(5,24)25)14-10-12(19)6-7-15(14)20/h6-7,10,13H,8-9H2,1-5H3,(H,22,23). The first-order valence-electron chi connectivity index (χ1n) is 8.23. The highest BCUT2D eigenvalue weighted by Gasteiger charge is 2.35. The van der Waals surface area contributed by atoms with Gasteiger partial charge in [-0.25, -0.2) is 17.6 Å². The number of hydrogen-bond donors (Lipinski definition) is 1. The lowest BCUT2D eigenvalue weighted by Gasteiger charge is -2.33. The molecule has 1 aromatic rings. The number of amides is 1. The van der Waals surface area contributed by atoms with E-state index in [-0.39, 0.29) is 18.4 Å². The Hall–Kier alpha value is -1.66. The van der Waals surface area contributed by atoms with E-state index in [2.05, 4.69) is 21.2 Å². The molecule has 6 nitrogen and oxygen atoms in total. The van der Waals surface area contributed by atoms with Crippen molar-refractivity contribution in [1.82, 2.24) is 5.32 Å². The molecule has 0 saturated heterocycles. The molecule has 1 aromatic carbocycles. The van der Waals surface area contributed by atoms with Crippen molar-refractivity contribution in [2.45, 2.75) is 56.9 Å². The van der Waals surface area contributed by atoms with E-state index in [1.54, 1.807) is 33.8 Å². The summed E-state index contributed by atoms with van der Waals surface area (Å²) in [5, 5.41) is 10.5.